The normalized spacial score (nSPS) is 10.2. The molecule has 0 fully saturated rings. The molecule has 2 rings (SSSR count). The zero-order valence-corrected chi connectivity index (χ0v) is 5.91. The summed E-state index contributed by atoms with van der Waals surface area (Å²) in [5.41, 5.74) is 7.99. The number of hydrogen-bond acceptors (Lipinski definition) is 1. The highest BCUT2D eigenvalue weighted by molar-refractivity contribution is 5.90. The topological polar surface area (TPSA) is 36.7 Å². The van der Waals surface area contributed by atoms with Crippen LogP contribution in [0.2, 0.25) is 0 Å². The number of nitrogens with one attached hydrogen (secondary N) is 1. The van der Waals surface area contributed by atoms with E-state index in [1.54, 1.807) is 12.4 Å². The van der Waals surface area contributed by atoms with Crippen LogP contribution < -0.4 is 5.73 Å². The fraction of sp³-hybridized carbons (Fsp3) is 0. The van der Waals surface area contributed by atoms with Crippen LogP contribution >= 0.6 is 0 Å². The van der Waals surface area contributed by atoms with Gasteiger partial charge in [-0.1, -0.05) is 24.3 Å². The predicted molar refractivity (Wildman–Crippen MR) is 44.5 cm³/mol. The summed E-state index contributed by atoms with van der Waals surface area (Å²) < 4.78 is 0. The van der Waals surface area contributed by atoms with Crippen LogP contribution in [0.25, 0.3) is 10.8 Å². The molecule has 11 heavy (non-hydrogen) atoms. The molecule has 1 heterocycles. The maximum absolute atomic E-state index is 7.50. The van der Waals surface area contributed by atoms with E-state index in [0.29, 0.717) is 5.69 Å². The highest BCUT2D eigenvalue weighted by Gasteiger charge is 1.94. The quantitative estimate of drug-likeness (QED) is 0.556. The molecule has 0 saturated heterocycles. The minimum absolute atomic E-state index is 0.489. The Hall–Kier alpha value is -1.57. The van der Waals surface area contributed by atoms with Crippen molar-refractivity contribution in [2.45, 2.75) is 0 Å². The van der Waals surface area contributed by atoms with E-state index in [0.717, 1.165) is 10.8 Å². The average molecular weight is 143 g/mol. The number of pyridine rings is 1. The zero-order chi connectivity index (χ0) is 7.68. The van der Waals surface area contributed by atoms with Crippen molar-refractivity contribution in [1.29, 1.82) is 0 Å². The summed E-state index contributed by atoms with van der Waals surface area (Å²) in [6.45, 7) is 0. The third-order valence-corrected chi connectivity index (χ3v) is 1.67. The minimum atomic E-state index is 0.489. The van der Waals surface area contributed by atoms with Crippen molar-refractivity contribution in [3.8, 4) is 0 Å². The lowest BCUT2D eigenvalue weighted by Gasteiger charge is -1.97. The number of fused-ring (bicyclic) bond motifs is 1. The minimum Gasteiger partial charge on any atom is -0.299 e. The lowest BCUT2D eigenvalue weighted by molar-refractivity contribution is 1.33. The molecular formula is C9H7N2. The molecule has 0 atom stereocenters. The Bertz CT molecular complexity index is 377. The van der Waals surface area contributed by atoms with Gasteiger partial charge < -0.3 is 0 Å². The Labute approximate surface area is 64.7 Å². The van der Waals surface area contributed by atoms with Gasteiger partial charge in [0.1, 0.15) is 0 Å². The summed E-state index contributed by atoms with van der Waals surface area (Å²) in [5, 5.41) is 1.99. The standard InChI is InChI=1S/C9H7N2/c10-9-6-11-5-7-3-1-2-4-8(7)9/h1-6,10H. The van der Waals surface area contributed by atoms with Crippen LogP contribution in [-0.4, -0.2) is 4.98 Å². The lowest BCUT2D eigenvalue weighted by atomic mass is 10.1. The molecule has 0 spiro atoms. The van der Waals surface area contributed by atoms with Gasteiger partial charge in [-0.3, -0.25) is 10.7 Å². The van der Waals surface area contributed by atoms with Crippen LogP contribution in [0.15, 0.2) is 36.7 Å². The Kier molecular flexibility index (Phi) is 1.25. The van der Waals surface area contributed by atoms with Crippen LogP contribution in [0.5, 0.6) is 0 Å². The summed E-state index contributed by atoms with van der Waals surface area (Å²) >= 11 is 0. The van der Waals surface area contributed by atoms with Crippen molar-refractivity contribution in [1.82, 2.24) is 10.7 Å². The van der Waals surface area contributed by atoms with Crippen molar-refractivity contribution < 1.29 is 0 Å². The molecule has 0 unspecified atom stereocenters. The second kappa shape index (κ2) is 2.23. The lowest BCUT2D eigenvalue weighted by Crippen LogP contribution is -1.77. The first-order valence-electron chi connectivity index (χ1n) is 3.42. The first-order chi connectivity index (χ1) is 5.38. The van der Waals surface area contributed by atoms with E-state index in [1.165, 1.54) is 0 Å². The van der Waals surface area contributed by atoms with Crippen LogP contribution in [0.1, 0.15) is 0 Å². The van der Waals surface area contributed by atoms with Gasteiger partial charge in [0.05, 0.1) is 11.9 Å². The van der Waals surface area contributed by atoms with Gasteiger partial charge >= 0.3 is 0 Å². The number of benzene rings is 1. The molecule has 0 aliphatic carbocycles. The van der Waals surface area contributed by atoms with Crippen molar-refractivity contribution in [3.63, 3.8) is 0 Å². The highest BCUT2D eigenvalue weighted by atomic mass is 14.7. The number of nitrogens with zero attached hydrogens (tertiary/aromatic N) is 1. The summed E-state index contributed by atoms with van der Waals surface area (Å²) in [6.07, 6.45) is 3.33. The van der Waals surface area contributed by atoms with Crippen LogP contribution in [-0.2, 0) is 0 Å². The highest BCUT2D eigenvalue weighted by Crippen LogP contribution is 2.18. The van der Waals surface area contributed by atoms with Crippen molar-refractivity contribution in [3.05, 3.63) is 36.7 Å². The van der Waals surface area contributed by atoms with Crippen molar-refractivity contribution in [2.75, 3.05) is 0 Å². The number of hydrogen-bond donors (Lipinski definition) is 0. The Morgan fingerprint density at radius 2 is 1.91 bits per heavy atom. The van der Waals surface area contributed by atoms with Gasteiger partial charge in [0, 0.05) is 17.0 Å². The maximum Gasteiger partial charge on any atom is 0.0801 e. The van der Waals surface area contributed by atoms with E-state index >= 15 is 0 Å². The third-order valence-electron chi connectivity index (χ3n) is 1.67. The van der Waals surface area contributed by atoms with E-state index in [9.17, 15) is 0 Å². The van der Waals surface area contributed by atoms with Crippen LogP contribution in [0.3, 0.4) is 0 Å². The van der Waals surface area contributed by atoms with Gasteiger partial charge in [-0.15, -0.1) is 0 Å². The molecule has 2 heteroatoms. The van der Waals surface area contributed by atoms with Gasteiger partial charge in [0.2, 0.25) is 0 Å². The van der Waals surface area contributed by atoms with E-state index in [-0.39, 0.29) is 0 Å². The van der Waals surface area contributed by atoms with Gasteiger partial charge in [0.15, 0.2) is 0 Å². The summed E-state index contributed by atoms with van der Waals surface area (Å²) in [5.74, 6) is 0. The summed E-state index contributed by atoms with van der Waals surface area (Å²) in [7, 11) is 0. The van der Waals surface area contributed by atoms with Crippen LogP contribution in [0, 0.1) is 0 Å². The smallest absolute Gasteiger partial charge is 0.0801 e. The summed E-state index contributed by atoms with van der Waals surface area (Å²) in [4.78, 5) is 3.92. The van der Waals surface area contributed by atoms with Crippen LogP contribution in [0.4, 0.5) is 5.69 Å². The third kappa shape index (κ3) is 0.923. The van der Waals surface area contributed by atoms with E-state index < -0.39 is 0 Å². The maximum atomic E-state index is 7.50. The molecule has 1 radical (unpaired) electrons. The fourth-order valence-corrected chi connectivity index (χ4v) is 1.12. The molecular weight excluding hydrogens is 136 g/mol. The molecule has 2 aromatic rings. The molecule has 2 nitrogen and oxygen atoms in total. The predicted octanol–water partition coefficient (Wildman–Crippen LogP) is 2.15. The second-order valence-corrected chi connectivity index (χ2v) is 2.41. The molecule has 1 N–H and O–H groups in total. The molecule has 0 saturated carbocycles. The molecule has 53 valence electrons. The van der Waals surface area contributed by atoms with Gasteiger partial charge in [-0.05, 0) is 0 Å². The zero-order valence-electron chi connectivity index (χ0n) is 5.91. The van der Waals surface area contributed by atoms with Crippen molar-refractivity contribution >= 4 is 16.5 Å². The molecule has 1 aromatic heterocycles. The number of rotatable bonds is 0. The molecule has 1 aromatic carbocycles. The molecule has 0 bridgehead atoms. The van der Waals surface area contributed by atoms with E-state index in [2.05, 4.69) is 4.98 Å². The fourth-order valence-electron chi connectivity index (χ4n) is 1.12. The van der Waals surface area contributed by atoms with Gasteiger partial charge in [-0.25, -0.2) is 0 Å². The second-order valence-electron chi connectivity index (χ2n) is 2.41. The van der Waals surface area contributed by atoms with Gasteiger partial charge in [0.25, 0.3) is 0 Å². The molecule has 0 aliphatic rings. The molecule has 0 amide bonds. The van der Waals surface area contributed by atoms with E-state index in [4.69, 9.17) is 5.73 Å². The average Bonchev–Trinajstić information content (AvgIpc) is 2.06. The Morgan fingerprint density at radius 3 is 2.73 bits per heavy atom. The Balaban J connectivity index is 2.91. The Morgan fingerprint density at radius 1 is 1.09 bits per heavy atom. The van der Waals surface area contributed by atoms with Gasteiger partial charge in [-0.2, -0.15) is 0 Å². The monoisotopic (exact) mass is 143 g/mol. The first-order valence-corrected chi connectivity index (χ1v) is 3.42. The first kappa shape index (κ1) is 6.16. The number of aromatic nitrogens is 1. The largest absolute Gasteiger partial charge is 0.299 e. The summed E-state index contributed by atoms with van der Waals surface area (Å²) in [6, 6.07) is 7.77. The molecule has 0 aliphatic heterocycles. The SMILES string of the molecule is [NH]c1cncc2ccccc12. The van der Waals surface area contributed by atoms with Crippen molar-refractivity contribution in [2.24, 2.45) is 0 Å². The van der Waals surface area contributed by atoms with E-state index in [1.807, 2.05) is 24.3 Å².